The lowest BCUT2D eigenvalue weighted by molar-refractivity contribution is -0.122. The molecule has 0 unspecified atom stereocenters. The monoisotopic (exact) mass is 338 g/mol. The Kier molecular flexibility index (Phi) is 4.74. The molecule has 0 radical (unpaired) electrons. The number of hydrogen-bond acceptors (Lipinski definition) is 3. The van der Waals surface area contributed by atoms with E-state index in [4.69, 9.17) is 4.74 Å². The molecule has 130 valence electrons. The van der Waals surface area contributed by atoms with Crippen LogP contribution in [0.1, 0.15) is 17.5 Å². The van der Waals surface area contributed by atoms with Crippen LogP contribution in [-0.2, 0) is 9.59 Å². The molecule has 2 aromatic carbocycles. The van der Waals surface area contributed by atoms with Crippen LogP contribution in [0.4, 0.5) is 11.4 Å². The lowest BCUT2D eigenvalue weighted by atomic mass is 10.1. The minimum atomic E-state index is -0.376. The number of anilines is 2. The molecule has 0 aromatic heterocycles. The van der Waals surface area contributed by atoms with Crippen LogP contribution in [0.5, 0.6) is 5.75 Å². The first kappa shape index (κ1) is 17.0. The second kappa shape index (κ2) is 6.97. The van der Waals surface area contributed by atoms with Crippen LogP contribution < -0.4 is 15.0 Å². The molecular formula is C20H22N2O3. The molecule has 1 aliphatic heterocycles. The number of amides is 2. The molecular weight excluding hydrogens is 316 g/mol. The molecule has 2 amide bonds. The maximum Gasteiger partial charge on any atom is 0.229 e. The van der Waals surface area contributed by atoms with Gasteiger partial charge in [-0.1, -0.05) is 23.8 Å². The van der Waals surface area contributed by atoms with Crippen molar-refractivity contribution in [3.63, 3.8) is 0 Å². The predicted molar refractivity (Wildman–Crippen MR) is 98.0 cm³/mol. The van der Waals surface area contributed by atoms with Gasteiger partial charge in [-0.05, 0) is 43.7 Å². The van der Waals surface area contributed by atoms with Gasteiger partial charge in [0.2, 0.25) is 11.8 Å². The summed E-state index contributed by atoms with van der Waals surface area (Å²) < 4.78 is 5.29. The Bertz CT molecular complexity index is 799. The first-order valence-corrected chi connectivity index (χ1v) is 8.30. The number of nitrogens with one attached hydrogen (secondary N) is 1. The number of nitrogens with zero attached hydrogens (tertiary/aromatic N) is 1. The number of ether oxygens (including phenoxy) is 1. The minimum absolute atomic E-state index is 0.0276. The van der Waals surface area contributed by atoms with Crippen molar-refractivity contribution in [2.75, 3.05) is 23.9 Å². The van der Waals surface area contributed by atoms with Crippen molar-refractivity contribution in [2.24, 2.45) is 5.92 Å². The smallest absolute Gasteiger partial charge is 0.229 e. The largest absolute Gasteiger partial charge is 0.495 e. The zero-order valence-corrected chi connectivity index (χ0v) is 14.7. The van der Waals surface area contributed by atoms with E-state index in [1.807, 2.05) is 56.3 Å². The molecule has 0 spiro atoms. The normalized spacial score (nSPS) is 16.8. The lowest BCUT2D eigenvalue weighted by Crippen LogP contribution is -2.28. The molecule has 1 saturated heterocycles. The van der Waals surface area contributed by atoms with Gasteiger partial charge in [-0.15, -0.1) is 0 Å². The summed E-state index contributed by atoms with van der Waals surface area (Å²) in [5, 5.41) is 2.90. The maximum atomic E-state index is 12.6. The number of benzene rings is 2. The maximum absolute atomic E-state index is 12.6. The first-order valence-electron chi connectivity index (χ1n) is 8.30. The van der Waals surface area contributed by atoms with Crippen molar-refractivity contribution >= 4 is 23.2 Å². The zero-order valence-electron chi connectivity index (χ0n) is 14.7. The fourth-order valence-corrected chi connectivity index (χ4v) is 3.01. The van der Waals surface area contributed by atoms with Gasteiger partial charge in [0.25, 0.3) is 0 Å². The Morgan fingerprint density at radius 3 is 2.48 bits per heavy atom. The van der Waals surface area contributed by atoms with E-state index in [0.717, 1.165) is 16.8 Å². The molecule has 0 saturated carbocycles. The highest BCUT2D eigenvalue weighted by Crippen LogP contribution is 2.29. The van der Waals surface area contributed by atoms with Crippen LogP contribution in [0.25, 0.3) is 0 Å². The third-order valence-electron chi connectivity index (χ3n) is 4.45. The molecule has 3 rings (SSSR count). The molecule has 2 aromatic rings. The Hall–Kier alpha value is -2.82. The minimum Gasteiger partial charge on any atom is -0.495 e. The van der Waals surface area contributed by atoms with Gasteiger partial charge >= 0.3 is 0 Å². The second-order valence-electron chi connectivity index (χ2n) is 6.43. The summed E-state index contributed by atoms with van der Waals surface area (Å²) in [5.41, 5.74) is 3.63. The topological polar surface area (TPSA) is 58.6 Å². The molecule has 25 heavy (non-hydrogen) atoms. The van der Waals surface area contributed by atoms with E-state index < -0.39 is 0 Å². The van der Waals surface area contributed by atoms with Crippen molar-refractivity contribution in [3.05, 3.63) is 53.6 Å². The molecule has 5 heteroatoms. The molecule has 1 aliphatic rings. The average molecular weight is 338 g/mol. The van der Waals surface area contributed by atoms with E-state index in [2.05, 4.69) is 5.32 Å². The van der Waals surface area contributed by atoms with Crippen LogP contribution in [0.15, 0.2) is 42.5 Å². The first-order chi connectivity index (χ1) is 12.0. The van der Waals surface area contributed by atoms with Gasteiger partial charge in [-0.2, -0.15) is 0 Å². The van der Waals surface area contributed by atoms with Crippen molar-refractivity contribution in [1.29, 1.82) is 0 Å². The highest BCUT2D eigenvalue weighted by atomic mass is 16.5. The lowest BCUT2D eigenvalue weighted by Gasteiger charge is -2.17. The van der Waals surface area contributed by atoms with Crippen LogP contribution in [-0.4, -0.2) is 25.5 Å². The second-order valence-corrected chi connectivity index (χ2v) is 6.43. The van der Waals surface area contributed by atoms with Crippen molar-refractivity contribution in [2.45, 2.75) is 20.3 Å². The fourth-order valence-electron chi connectivity index (χ4n) is 3.01. The molecule has 0 aliphatic carbocycles. The van der Waals surface area contributed by atoms with E-state index in [9.17, 15) is 9.59 Å². The van der Waals surface area contributed by atoms with E-state index in [1.54, 1.807) is 12.0 Å². The quantitative estimate of drug-likeness (QED) is 0.930. The highest BCUT2D eigenvalue weighted by molar-refractivity contribution is 6.03. The van der Waals surface area contributed by atoms with E-state index in [1.165, 1.54) is 0 Å². The summed E-state index contributed by atoms with van der Waals surface area (Å²) in [4.78, 5) is 26.6. The van der Waals surface area contributed by atoms with Gasteiger partial charge in [-0.3, -0.25) is 9.59 Å². The summed E-state index contributed by atoms with van der Waals surface area (Å²) >= 11 is 0. The predicted octanol–water partition coefficient (Wildman–Crippen LogP) is 3.30. The average Bonchev–Trinajstić information content (AvgIpc) is 2.98. The molecule has 0 bridgehead atoms. The van der Waals surface area contributed by atoms with Crippen molar-refractivity contribution in [3.8, 4) is 5.75 Å². The third kappa shape index (κ3) is 3.65. The summed E-state index contributed by atoms with van der Waals surface area (Å²) in [6.07, 6.45) is 0.216. The Morgan fingerprint density at radius 2 is 1.80 bits per heavy atom. The number of carbonyl (C=O) groups excluding carboxylic acids is 2. The number of hydrogen-bond donors (Lipinski definition) is 1. The number of rotatable bonds is 4. The molecule has 1 N–H and O–H groups in total. The van der Waals surface area contributed by atoms with Gasteiger partial charge < -0.3 is 15.0 Å². The molecule has 1 heterocycles. The Morgan fingerprint density at radius 1 is 1.12 bits per heavy atom. The summed E-state index contributed by atoms with van der Waals surface area (Å²) in [6, 6.07) is 13.4. The Balaban J connectivity index is 1.73. The van der Waals surface area contributed by atoms with Crippen LogP contribution in [0, 0.1) is 19.8 Å². The van der Waals surface area contributed by atoms with E-state index in [0.29, 0.717) is 18.0 Å². The van der Waals surface area contributed by atoms with Crippen LogP contribution >= 0.6 is 0 Å². The summed E-state index contributed by atoms with van der Waals surface area (Å²) in [7, 11) is 1.57. The molecule has 1 atom stereocenters. The SMILES string of the molecule is COc1ccc(C)cc1NC(=O)[C@@H]1CC(=O)N(c2ccc(C)cc2)C1. The summed E-state index contributed by atoms with van der Waals surface area (Å²) in [5.74, 6) is 0.0461. The van der Waals surface area contributed by atoms with Gasteiger partial charge in [0.15, 0.2) is 0 Å². The van der Waals surface area contributed by atoms with Crippen LogP contribution in [0.2, 0.25) is 0 Å². The van der Waals surface area contributed by atoms with Gasteiger partial charge in [0, 0.05) is 18.7 Å². The number of aryl methyl sites for hydroxylation is 2. The third-order valence-corrected chi connectivity index (χ3v) is 4.45. The number of methoxy groups -OCH3 is 1. The van der Waals surface area contributed by atoms with Crippen molar-refractivity contribution < 1.29 is 14.3 Å². The fraction of sp³-hybridized carbons (Fsp3) is 0.300. The Labute approximate surface area is 147 Å². The highest BCUT2D eigenvalue weighted by Gasteiger charge is 2.35. The van der Waals surface area contributed by atoms with Gasteiger partial charge in [0.05, 0.1) is 18.7 Å². The standard InChI is InChI=1S/C20H22N2O3/c1-13-4-7-16(8-5-13)22-12-15(11-19(22)23)20(24)21-17-10-14(2)6-9-18(17)25-3/h4-10,15H,11-12H2,1-3H3,(H,21,24)/t15-/m1/s1. The zero-order chi connectivity index (χ0) is 18.0. The number of carbonyl (C=O) groups is 2. The molecule has 1 fully saturated rings. The van der Waals surface area contributed by atoms with Crippen molar-refractivity contribution in [1.82, 2.24) is 0 Å². The molecule has 5 nitrogen and oxygen atoms in total. The van der Waals surface area contributed by atoms with E-state index >= 15 is 0 Å². The summed E-state index contributed by atoms with van der Waals surface area (Å²) in [6.45, 7) is 4.34. The van der Waals surface area contributed by atoms with Gasteiger partial charge in [-0.25, -0.2) is 0 Å². The van der Waals surface area contributed by atoms with Crippen LogP contribution in [0.3, 0.4) is 0 Å². The van der Waals surface area contributed by atoms with Gasteiger partial charge in [0.1, 0.15) is 5.75 Å². The van der Waals surface area contributed by atoms with E-state index in [-0.39, 0.29) is 24.2 Å².